The third-order valence-electron chi connectivity index (χ3n) is 3.94. The second-order valence-corrected chi connectivity index (χ2v) is 6.05. The molecular formula is C20H29IN4O2. The van der Waals surface area contributed by atoms with Gasteiger partial charge in [-0.2, -0.15) is 0 Å². The number of nitrogens with zero attached hydrogens (tertiary/aromatic N) is 1. The molecule has 1 aromatic carbocycles. The number of guanidine groups is 1. The van der Waals surface area contributed by atoms with Gasteiger partial charge in [-0.05, 0) is 36.2 Å². The molecule has 6 nitrogen and oxygen atoms in total. The number of rotatable bonds is 9. The number of carbonyl (C=O) groups excluding carboxylic acids is 1. The van der Waals surface area contributed by atoms with Crippen LogP contribution in [0.2, 0.25) is 0 Å². The fraction of sp³-hybridized carbons (Fsp3) is 0.400. The van der Waals surface area contributed by atoms with Gasteiger partial charge in [0.25, 0.3) is 5.91 Å². The van der Waals surface area contributed by atoms with Gasteiger partial charge < -0.3 is 20.4 Å². The van der Waals surface area contributed by atoms with E-state index in [4.69, 9.17) is 4.42 Å². The van der Waals surface area contributed by atoms with Crippen LogP contribution in [0.5, 0.6) is 0 Å². The van der Waals surface area contributed by atoms with Crippen LogP contribution in [0.25, 0.3) is 0 Å². The van der Waals surface area contributed by atoms with Gasteiger partial charge >= 0.3 is 0 Å². The molecule has 1 amide bonds. The maximum absolute atomic E-state index is 12.0. The second kappa shape index (κ2) is 13.2. The Morgan fingerprint density at radius 2 is 1.96 bits per heavy atom. The molecule has 27 heavy (non-hydrogen) atoms. The van der Waals surface area contributed by atoms with Crippen LogP contribution in [0.4, 0.5) is 5.69 Å². The summed E-state index contributed by atoms with van der Waals surface area (Å²) in [5.74, 6) is 0.817. The molecule has 0 bridgehead atoms. The lowest BCUT2D eigenvalue weighted by molar-refractivity contribution is 0.0996. The summed E-state index contributed by atoms with van der Waals surface area (Å²) in [5, 5.41) is 9.45. The van der Waals surface area contributed by atoms with Crippen LogP contribution in [-0.4, -0.2) is 25.5 Å². The Labute approximate surface area is 178 Å². The zero-order valence-electron chi connectivity index (χ0n) is 16.0. The van der Waals surface area contributed by atoms with E-state index in [1.165, 1.54) is 25.5 Å². The smallest absolute Gasteiger partial charge is 0.291 e. The van der Waals surface area contributed by atoms with E-state index in [1.807, 2.05) is 24.3 Å². The SMILES string of the molecule is CCCCCCNC(=NC)NCc1cccc(NC(=O)c2ccco2)c1.I. The molecule has 0 saturated heterocycles. The summed E-state index contributed by atoms with van der Waals surface area (Å²) in [6.45, 7) is 3.75. The maximum Gasteiger partial charge on any atom is 0.291 e. The average molecular weight is 484 g/mol. The number of amides is 1. The summed E-state index contributed by atoms with van der Waals surface area (Å²) in [4.78, 5) is 16.3. The standard InChI is InChI=1S/C20H28N4O2.HI/c1-3-4-5-6-12-22-20(21-2)23-15-16-9-7-10-17(14-16)24-19(25)18-11-8-13-26-18;/h7-11,13-14H,3-6,12,15H2,1-2H3,(H,24,25)(H2,21,22,23);1H. The number of unbranched alkanes of at least 4 members (excludes halogenated alkanes) is 3. The molecule has 1 aromatic heterocycles. The van der Waals surface area contributed by atoms with Crippen LogP contribution < -0.4 is 16.0 Å². The fourth-order valence-electron chi connectivity index (χ4n) is 2.52. The topological polar surface area (TPSA) is 78.7 Å². The highest BCUT2D eigenvalue weighted by Gasteiger charge is 2.08. The minimum absolute atomic E-state index is 0. The first-order valence-corrected chi connectivity index (χ1v) is 9.11. The second-order valence-electron chi connectivity index (χ2n) is 6.05. The van der Waals surface area contributed by atoms with Gasteiger partial charge in [-0.1, -0.05) is 38.3 Å². The highest BCUT2D eigenvalue weighted by Crippen LogP contribution is 2.12. The predicted molar refractivity (Wildman–Crippen MR) is 121 cm³/mol. The Hall–Kier alpha value is -2.03. The minimum Gasteiger partial charge on any atom is -0.459 e. The summed E-state index contributed by atoms with van der Waals surface area (Å²) in [5.41, 5.74) is 1.78. The first kappa shape index (κ1) is 23.0. The Kier molecular flexibility index (Phi) is 11.2. The van der Waals surface area contributed by atoms with Gasteiger partial charge in [-0.15, -0.1) is 24.0 Å². The Morgan fingerprint density at radius 3 is 2.67 bits per heavy atom. The average Bonchev–Trinajstić information content (AvgIpc) is 3.19. The monoisotopic (exact) mass is 484 g/mol. The summed E-state index contributed by atoms with van der Waals surface area (Å²) >= 11 is 0. The molecule has 0 fully saturated rings. The van der Waals surface area contributed by atoms with Crippen molar-refractivity contribution in [1.29, 1.82) is 0 Å². The van der Waals surface area contributed by atoms with Crippen LogP contribution >= 0.6 is 24.0 Å². The van der Waals surface area contributed by atoms with Gasteiger partial charge in [0.05, 0.1) is 6.26 Å². The Balaban J connectivity index is 0.00000364. The number of carbonyl (C=O) groups is 1. The fourth-order valence-corrected chi connectivity index (χ4v) is 2.52. The van der Waals surface area contributed by atoms with Gasteiger partial charge in [-0.25, -0.2) is 0 Å². The van der Waals surface area contributed by atoms with Crippen molar-refractivity contribution in [2.45, 2.75) is 39.2 Å². The summed E-state index contributed by atoms with van der Waals surface area (Å²) in [6.07, 6.45) is 6.36. The molecule has 7 heteroatoms. The number of anilines is 1. The number of aliphatic imine (C=N–C) groups is 1. The lowest BCUT2D eigenvalue weighted by Gasteiger charge is -2.12. The number of furan rings is 1. The highest BCUT2D eigenvalue weighted by molar-refractivity contribution is 14.0. The van der Waals surface area contributed by atoms with Crippen molar-refractivity contribution in [3.8, 4) is 0 Å². The number of benzene rings is 1. The van der Waals surface area contributed by atoms with Gasteiger partial charge in [-0.3, -0.25) is 9.79 Å². The van der Waals surface area contributed by atoms with Crippen molar-refractivity contribution >= 4 is 41.5 Å². The van der Waals surface area contributed by atoms with Crippen molar-refractivity contribution in [3.63, 3.8) is 0 Å². The molecule has 0 unspecified atom stereocenters. The summed E-state index contributed by atoms with van der Waals surface area (Å²) in [6, 6.07) is 11.0. The summed E-state index contributed by atoms with van der Waals surface area (Å²) in [7, 11) is 1.77. The molecule has 0 aliphatic heterocycles. The zero-order chi connectivity index (χ0) is 18.6. The largest absolute Gasteiger partial charge is 0.459 e. The first-order chi connectivity index (χ1) is 12.7. The van der Waals surface area contributed by atoms with E-state index in [0.717, 1.165) is 30.2 Å². The van der Waals surface area contributed by atoms with E-state index in [9.17, 15) is 4.79 Å². The predicted octanol–water partition coefficient (Wildman–Crippen LogP) is 4.40. The van der Waals surface area contributed by atoms with Crippen LogP contribution in [-0.2, 0) is 6.54 Å². The highest BCUT2D eigenvalue weighted by atomic mass is 127. The molecule has 1 heterocycles. The van der Waals surface area contributed by atoms with Gasteiger partial charge in [0.2, 0.25) is 0 Å². The Morgan fingerprint density at radius 1 is 1.11 bits per heavy atom. The lowest BCUT2D eigenvalue weighted by Crippen LogP contribution is -2.37. The van der Waals surface area contributed by atoms with E-state index in [2.05, 4.69) is 27.9 Å². The van der Waals surface area contributed by atoms with Gasteiger partial charge in [0.15, 0.2) is 11.7 Å². The molecular weight excluding hydrogens is 455 g/mol. The van der Waals surface area contributed by atoms with Crippen molar-refractivity contribution in [2.24, 2.45) is 4.99 Å². The molecule has 0 saturated carbocycles. The maximum atomic E-state index is 12.0. The number of hydrogen-bond acceptors (Lipinski definition) is 3. The van der Waals surface area contributed by atoms with E-state index < -0.39 is 0 Å². The lowest BCUT2D eigenvalue weighted by atomic mass is 10.2. The van der Waals surface area contributed by atoms with Crippen molar-refractivity contribution in [2.75, 3.05) is 18.9 Å². The minimum atomic E-state index is -0.260. The quantitative estimate of drug-likeness (QED) is 0.214. The molecule has 2 rings (SSSR count). The molecule has 3 N–H and O–H groups in total. The molecule has 0 radical (unpaired) electrons. The van der Waals surface area contributed by atoms with Gasteiger partial charge in [0.1, 0.15) is 0 Å². The van der Waals surface area contributed by atoms with Crippen molar-refractivity contribution in [3.05, 3.63) is 54.0 Å². The van der Waals surface area contributed by atoms with Crippen LogP contribution in [0.3, 0.4) is 0 Å². The van der Waals surface area contributed by atoms with E-state index in [0.29, 0.717) is 12.3 Å². The van der Waals surface area contributed by atoms with Crippen LogP contribution in [0.15, 0.2) is 52.1 Å². The number of nitrogens with one attached hydrogen (secondary N) is 3. The summed E-state index contributed by atoms with van der Waals surface area (Å²) < 4.78 is 5.10. The molecule has 148 valence electrons. The van der Waals surface area contributed by atoms with E-state index in [-0.39, 0.29) is 29.9 Å². The molecule has 0 spiro atoms. The normalized spacial score (nSPS) is 10.8. The third-order valence-corrected chi connectivity index (χ3v) is 3.94. The number of hydrogen-bond donors (Lipinski definition) is 3. The third kappa shape index (κ3) is 8.47. The van der Waals surface area contributed by atoms with Crippen molar-refractivity contribution in [1.82, 2.24) is 10.6 Å². The number of halogens is 1. The van der Waals surface area contributed by atoms with E-state index >= 15 is 0 Å². The zero-order valence-corrected chi connectivity index (χ0v) is 18.3. The Bertz CT molecular complexity index is 702. The molecule has 0 atom stereocenters. The van der Waals surface area contributed by atoms with Crippen LogP contribution in [0, 0.1) is 0 Å². The molecule has 0 aliphatic rings. The molecule has 0 aliphatic carbocycles. The van der Waals surface area contributed by atoms with Crippen molar-refractivity contribution < 1.29 is 9.21 Å². The van der Waals surface area contributed by atoms with E-state index in [1.54, 1.807) is 19.2 Å². The molecule has 2 aromatic rings. The first-order valence-electron chi connectivity index (χ1n) is 9.11. The van der Waals surface area contributed by atoms with Gasteiger partial charge in [0, 0.05) is 25.8 Å². The van der Waals surface area contributed by atoms with Crippen LogP contribution in [0.1, 0.15) is 48.7 Å².